The molecule has 2 aliphatic rings. The maximum absolute atomic E-state index is 12.8. The first-order chi connectivity index (χ1) is 12.4. The van der Waals surface area contributed by atoms with E-state index in [4.69, 9.17) is 19.7 Å². The molecule has 5 atom stereocenters. The maximum atomic E-state index is 12.8. The van der Waals surface area contributed by atoms with Crippen LogP contribution in [0.25, 0.3) is 11.2 Å². The molecule has 11 heteroatoms. The van der Waals surface area contributed by atoms with Gasteiger partial charge in [0.1, 0.15) is 11.8 Å². The van der Waals surface area contributed by atoms with Crippen molar-refractivity contribution in [2.45, 2.75) is 31.8 Å². The predicted molar refractivity (Wildman–Crippen MR) is 91.7 cm³/mol. The fourth-order valence-electron chi connectivity index (χ4n) is 3.80. The molecule has 26 heavy (non-hydrogen) atoms. The first-order valence-electron chi connectivity index (χ1n) is 8.31. The summed E-state index contributed by atoms with van der Waals surface area (Å²) in [6.07, 6.45) is 2.80. The van der Waals surface area contributed by atoms with Crippen molar-refractivity contribution in [3.63, 3.8) is 0 Å². The maximum Gasteiger partial charge on any atom is 0.303 e. The Labute approximate surface area is 149 Å². The number of fused-ring (bicyclic) bond motifs is 2. The smallest absolute Gasteiger partial charge is 0.303 e. The first-order valence-corrected chi connectivity index (χ1v) is 10.3. The van der Waals surface area contributed by atoms with Gasteiger partial charge in [-0.2, -0.15) is 0 Å². The summed E-state index contributed by atoms with van der Waals surface area (Å²) < 4.78 is 31.4. The van der Waals surface area contributed by atoms with Crippen LogP contribution in [0.4, 0.5) is 5.82 Å². The number of aromatic nitrogens is 4. The summed E-state index contributed by atoms with van der Waals surface area (Å²) in [5.41, 5.74) is 6.80. The van der Waals surface area contributed by atoms with Crippen LogP contribution in [0, 0.1) is 5.92 Å². The van der Waals surface area contributed by atoms with Gasteiger partial charge in [0.05, 0.1) is 12.4 Å². The van der Waals surface area contributed by atoms with Gasteiger partial charge >= 0.3 is 5.97 Å². The molecule has 0 aliphatic carbocycles. The van der Waals surface area contributed by atoms with Crippen molar-refractivity contribution in [3.05, 3.63) is 12.7 Å². The van der Waals surface area contributed by atoms with Gasteiger partial charge in [0, 0.05) is 32.3 Å². The molecule has 2 aromatic rings. The molecule has 0 aromatic carbocycles. The molecule has 140 valence electrons. The lowest BCUT2D eigenvalue weighted by Crippen LogP contribution is -2.36. The van der Waals surface area contributed by atoms with Crippen LogP contribution in [-0.2, 0) is 23.4 Å². The van der Waals surface area contributed by atoms with Gasteiger partial charge in [-0.05, 0) is 6.42 Å². The number of rotatable bonds is 3. The van der Waals surface area contributed by atoms with Crippen LogP contribution in [0.5, 0.6) is 0 Å². The van der Waals surface area contributed by atoms with Crippen LogP contribution in [0.2, 0.25) is 0 Å². The quantitative estimate of drug-likeness (QED) is 0.615. The third kappa shape index (κ3) is 2.78. The summed E-state index contributed by atoms with van der Waals surface area (Å²) in [6.45, 7) is 1.34. The second-order valence-electron chi connectivity index (χ2n) is 6.58. The van der Waals surface area contributed by atoms with Gasteiger partial charge in [0.2, 0.25) is 7.37 Å². The molecular weight excluding hydrogens is 361 g/mol. The van der Waals surface area contributed by atoms with Gasteiger partial charge in [-0.15, -0.1) is 0 Å². The number of anilines is 1. The number of carbonyl (C=O) groups is 1. The van der Waals surface area contributed by atoms with Gasteiger partial charge in [-0.25, -0.2) is 15.0 Å². The molecule has 2 aromatic heterocycles. The minimum absolute atomic E-state index is 0.182. The number of hydrogen-bond donors (Lipinski definition) is 1. The van der Waals surface area contributed by atoms with Crippen molar-refractivity contribution >= 4 is 30.3 Å². The van der Waals surface area contributed by atoms with Crippen LogP contribution < -0.4 is 5.73 Å². The Bertz CT molecular complexity index is 902. The lowest BCUT2D eigenvalue weighted by molar-refractivity contribution is -0.153. The highest BCUT2D eigenvalue weighted by molar-refractivity contribution is 7.59. The summed E-state index contributed by atoms with van der Waals surface area (Å²) >= 11 is 0. The van der Waals surface area contributed by atoms with Crippen molar-refractivity contribution in [3.8, 4) is 0 Å². The molecule has 0 radical (unpaired) electrons. The third-order valence-electron chi connectivity index (χ3n) is 5.03. The molecule has 2 saturated heterocycles. The largest absolute Gasteiger partial charge is 0.457 e. The Morgan fingerprint density at radius 1 is 1.42 bits per heavy atom. The number of ether oxygens (including phenoxy) is 2. The second-order valence-corrected chi connectivity index (χ2v) is 9.38. The average Bonchev–Trinajstić information content (AvgIpc) is 3.17. The van der Waals surface area contributed by atoms with E-state index in [1.807, 2.05) is 0 Å². The van der Waals surface area contributed by atoms with Gasteiger partial charge in [0.25, 0.3) is 0 Å². The molecule has 2 fully saturated rings. The van der Waals surface area contributed by atoms with Crippen molar-refractivity contribution < 1.29 is 23.4 Å². The lowest BCUT2D eigenvalue weighted by atomic mass is 9.97. The Morgan fingerprint density at radius 3 is 2.96 bits per heavy atom. The van der Waals surface area contributed by atoms with Crippen molar-refractivity contribution in [1.29, 1.82) is 0 Å². The molecule has 0 saturated carbocycles. The molecule has 10 nitrogen and oxygen atoms in total. The van der Waals surface area contributed by atoms with Gasteiger partial charge in [-0.3, -0.25) is 13.9 Å². The standard InChI is InChI=1S/C15H20N5O5P/c1-8(21)24-12-9-5-26(22,23-2)4-3-10(9)25-15(12)20-7-19-11-13(16)17-6-18-14(11)20/h6-7,9-10,12,15H,3-5H2,1-2H3,(H2,16,17,18)/t9-,10-,12-,15-,26?/m1/s1. The highest BCUT2D eigenvalue weighted by atomic mass is 31.2. The highest BCUT2D eigenvalue weighted by Gasteiger charge is 2.53. The van der Waals surface area contributed by atoms with Crippen LogP contribution >= 0.6 is 7.37 Å². The van der Waals surface area contributed by atoms with Crippen molar-refractivity contribution in [2.75, 3.05) is 25.2 Å². The molecule has 2 aliphatic heterocycles. The van der Waals surface area contributed by atoms with Crippen molar-refractivity contribution in [1.82, 2.24) is 19.5 Å². The molecule has 4 heterocycles. The van der Waals surface area contributed by atoms with Gasteiger partial charge in [0.15, 0.2) is 23.8 Å². The topological polar surface area (TPSA) is 131 Å². The number of nitrogens with zero attached hydrogens (tertiary/aromatic N) is 4. The summed E-state index contributed by atoms with van der Waals surface area (Å²) in [4.78, 5) is 24.1. The van der Waals surface area contributed by atoms with Crippen LogP contribution in [-0.4, -0.2) is 57.1 Å². The molecule has 0 amide bonds. The summed E-state index contributed by atoms with van der Waals surface area (Å²) in [5.74, 6) is -0.391. The number of carbonyl (C=O) groups excluding carboxylic acids is 1. The molecule has 0 spiro atoms. The first kappa shape index (κ1) is 17.4. The summed E-state index contributed by atoms with van der Waals surface area (Å²) in [7, 11) is -1.29. The van der Waals surface area contributed by atoms with Crippen LogP contribution in [0.3, 0.4) is 0 Å². The monoisotopic (exact) mass is 381 g/mol. The number of nitrogens with two attached hydrogens (primary N) is 1. The fraction of sp³-hybridized carbons (Fsp3) is 0.600. The zero-order valence-electron chi connectivity index (χ0n) is 14.4. The Balaban J connectivity index is 1.74. The number of imidazole rings is 1. The molecular formula is C15H20N5O5P. The van der Waals surface area contributed by atoms with E-state index in [2.05, 4.69) is 15.0 Å². The van der Waals surface area contributed by atoms with E-state index in [0.717, 1.165) is 0 Å². The molecule has 2 N–H and O–H groups in total. The van der Waals surface area contributed by atoms with E-state index < -0.39 is 25.7 Å². The third-order valence-corrected chi connectivity index (χ3v) is 7.62. The Kier molecular flexibility index (Phi) is 4.21. The van der Waals surface area contributed by atoms with E-state index in [-0.39, 0.29) is 17.8 Å². The fourth-order valence-corrected chi connectivity index (χ4v) is 6.05. The average molecular weight is 381 g/mol. The minimum atomic E-state index is -2.75. The molecule has 0 bridgehead atoms. The van der Waals surface area contributed by atoms with E-state index in [1.54, 1.807) is 10.9 Å². The number of esters is 1. The van der Waals surface area contributed by atoms with Gasteiger partial charge < -0.3 is 19.7 Å². The molecule has 4 rings (SSSR count). The van der Waals surface area contributed by atoms with Crippen molar-refractivity contribution in [2.24, 2.45) is 5.92 Å². The zero-order valence-corrected chi connectivity index (χ0v) is 15.3. The Hall–Kier alpha value is -2.03. The summed E-state index contributed by atoms with van der Waals surface area (Å²) in [5, 5.41) is 0. The number of hydrogen-bond acceptors (Lipinski definition) is 9. The SMILES string of the molecule is COP1(=O)CC[C@H]2O[C@@H](n3cnc4c(N)ncnc43)[C@H](OC(C)=O)[C@@H]2C1. The minimum Gasteiger partial charge on any atom is -0.457 e. The normalized spacial score (nSPS) is 33.9. The van der Waals surface area contributed by atoms with E-state index in [1.165, 1.54) is 20.4 Å². The molecule has 1 unspecified atom stereocenters. The predicted octanol–water partition coefficient (Wildman–Crippen LogP) is 1.18. The lowest BCUT2D eigenvalue weighted by Gasteiger charge is -2.31. The van der Waals surface area contributed by atoms with E-state index in [0.29, 0.717) is 29.9 Å². The van der Waals surface area contributed by atoms with Crippen LogP contribution in [0.15, 0.2) is 12.7 Å². The summed E-state index contributed by atoms with van der Waals surface area (Å²) in [6, 6.07) is 0. The van der Waals surface area contributed by atoms with Gasteiger partial charge in [-0.1, -0.05) is 0 Å². The van der Waals surface area contributed by atoms with E-state index in [9.17, 15) is 9.36 Å². The van der Waals surface area contributed by atoms with Crippen LogP contribution in [0.1, 0.15) is 19.6 Å². The van der Waals surface area contributed by atoms with E-state index >= 15 is 0 Å². The second kappa shape index (κ2) is 6.29. The Morgan fingerprint density at radius 2 is 2.23 bits per heavy atom. The highest BCUT2D eigenvalue weighted by Crippen LogP contribution is 2.57. The number of nitrogen functional groups attached to an aromatic ring is 1. The zero-order chi connectivity index (χ0) is 18.5.